The Labute approximate surface area is 210 Å². The summed E-state index contributed by atoms with van der Waals surface area (Å²) in [6.07, 6.45) is 3.52. The van der Waals surface area contributed by atoms with E-state index < -0.39 is 0 Å². The zero-order valence-corrected chi connectivity index (χ0v) is 21.0. The molecule has 0 aliphatic carbocycles. The Morgan fingerprint density at radius 2 is 1.91 bits per heavy atom. The van der Waals surface area contributed by atoms with E-state index in [1.54, 1.807) is 20.5 Å². The third-order valence-electron chi connectivity index (χ3n) is 6.57. The van der Waals surface area contributed by atoms with Crippen LogP contribution in [0.25, 0.3) is 0 Å². The summed E-state index contributed by atoms with van der Waals surface area (Å²) < 4.78 is 19.2. The van der Waals surface area contributed by atoms with Crippen molar-refractivity contribution in [3.05, 3.63) is 95.5 Å². The molecule has 3 aromatic heterocycles. The lowest BCUT2D eigenvalue weighted by Gasteiger charge is -2.29. The second-order valence-corrected chi connectivity index (χ2v) is 8.91. The standard InChI is InChI=1S/C27H28N4O3S/c1-17-14-21(18(2)30(17)16-20-8-7-13-34-20)26-25(22-9-5-6-12-28-22)29-27(35)31(26)23-15-19(32-3)10-11-24(23)33-4/h5-15,25-26H,16H2,1-4H3,(H,29,35)/t25-,26+/m0/s1. The number of furan rings is 1. The van der Waals surface area contributed by atoms with Gasteiger partial charge in [0.2, 0.25) is 0 Å². The lowest BCUT2D eigenvalue weighted by molar-refractivity contribution is 0.403. The Morgan fingerprint density at radius 3 is 2.60 bits per heavy atom. The van der Waals surface area contributed by atoms with Crippen molar-refractivity contribution >= 4 is 23.0 Å². The maximum Gasteiger partial charge on any atom is 0.174 e. The van der Waals surface area contributed by atoms with Crippen LogP contribution in [0.15, 0.2) is 71.5 Å². The fraction of sp³-hybridized carbons (Fsp3) is 0.259. The highest BCUT2D eigenvalue weighted by atomic mass is 32.1. The first-order valence-electron chi connectivity index (χ1n) is 11.4. The topological polar surface area (TPSA) is 64.7 Å². The molecule has 4 heterocycles. The van der Waals surface area contributed by atoms with Crippen LogP contribution in [-0.4, -0.2) is 28.9 Å². The molecule has 1 aliphatic rings. The highest BCUT2D eigenvalue weighted by molar-refractivity contribution is 7.80. The molecule has 1 aromatic carbocycles. The molecule has 8 heteroatoms. The van der Waals surface area contributed by atoms with Crippen molar-refractivity contribution in [3.63, 3.8) is 0 Å². The highest BCUT2D eigenvalue weighted by Gasteiger charge is 2.43. The second-order valence-electron chi connectivity index (χ2n) is 8.53. The summed E-state index contributed by atoms with van der Waals surface area (Å²) in [7, 11) is 3.32. The van der Waals surface area contributed by atoms with E-state index in [9.17, 15) is 0 Å². The molecule has 0 spiro atoms. The van der Waals surface area contributed by atoms with Gasteiger partial charge in [-0.1, -0.05) is 6.07 Å². The van der Waals surface area contributed by atoms with Gasteiger partial charge in [0, 0.05) is 23.7 Å². The number of aromatic nitrogens is 2. The summed E-state index contributed by atoms with van der Waals surface area (Å²) in [5.74, 6) is 2.35. The van der Waals surface area contributed by atoms with Crippen molar-refractivity contribution in [3.8, 4) is 11.5 Å². The van der Waals surface area contributed by atoms with Crippen molar-refractivity contribution < 1.29 is 13.9 Å². The fourth-order valence-corrected chi connectivity index (χ4v) is 5.18. The van der Waals surface area contributed by atoms with Crippen LogP contribution in [0, 0.1) is 13.8 Å². The summed E-state index contributed by atoms with van der Waals surface area (Å²) >= 11 is 5.91. The Morgan fingerprint density at radius 1 is 1.06 bits per heavy atom. The van der Waals surface area contributed by atoms with E-state index >= 15 is 0 Å². The molecule has 1 N–H and O–H groups in total. The van der Waals surface area contributed by atoms with Crippen LogP contribution >= 0.6 is 12.2 Å². The molecule has 0 radical (unpaired) electrons. The predicted molar refractivity (Wildman–Crippen MR) is 139 cm³/mol. The van der Waals surface area contributed by atoms with E-state index in [0.717, 1.165) is 39.8 Å². The van der Waals surface area contributed by atoms with Crippen molar-refractivity contribution in [2.45, 2.75) is 32.5 Å². The van der Waals surface area contributed by atoms with Gasteiger partial charge in [0.1, 0.15) is 17.3 Å². The Bertz CT molecular complexity index is 1330. The van der Waals surface area contributed by atoms with Crippen LogP contribution in [0.3, 0.4) is 0 Å². The van der Waals surface area contributed by atoms with Gasteiger partial charge in [0.15, 0.2) is 5.11 Å². The quantitative estimate of drug-likeness (QED) is 0.353. The number of hydrogen-bond acceptors (Lipinski definition) is 5. The van der Waals surface area contributed by atoms with E-state index in [4.69, 9.17) is 26.1 Å². The average Bonchev–Trinajstić information content (AvgIpc) is 3.59. The first-order chi connectivity index (χ1) is 17.0. The summed E-state index contributed by atoms with van der Waals surface area (Å²) in [6, 6.07) is 17.5. The van der Waals surface area contributed by atoms with Crippen molar-refractivity contribution in [1.82, 2.24) is 14.9 Å². The molecule has 1 fully saturated rings. The minimum Gasteiger partial charge on any atom is -0.497 e. The van der Waals surface area contributed by atoms with Gasteiger partial charge >= 0.3 is 0 Å². The van der Waals surface area contributed by atoms with Crippen LogP contribution in [-0.2, 0) is 6.54 Å². The molecular formula is C27H28N4O3S. The molecule has 0 amide bonds. The van der Waals surface area contributed by atoms with Crippen LogP contribution in [0.2, 0.25) is 0 Å². The van der Waals surface area contributed by atoms with Gasteiger partial charge in [-0.05, 0) is 74.1 Å². The number of benzene rings is 1. The van der Waals surface area contributed by atoms with Crippen molar-refractivity contribution in [1.29, 1.82) is 0 Å². The number of anilines is 1. The summed E-state index contributed by atoms with van der Waals surface area (Å²) in [5.41, 5.74) is 5.19. The number of aryl methyl sites for hydroxylation is 1. The summed E-state index contributed by atoms with van der Waals surface area (Å²) in [6.45, 7) is 4.92. The monoisotopic (exact) mass is 488 g/mol. The lowest BCUT2D eigenvalue weighted by atomic mass is 9.96. The minimum absolute atomic E-state index is 0.155. The minimum atomic E-state index is -0.157. The first kappa shape index (κ1) is 23.0. The Kier molecular flexibility index (Phi) is 6.21. The molecule has 180 valence electrons. The van der Waals surface area contributed by atoms with Gasteiger partial charge in [0.05, 0.1) is 50.5 Å². The van der Waals surface area contributed by atoms with Crippen molar-refractivity contribution in [2.75, 3.05) is 19.1 Å². The van der Waals surface area contributed by atoms with E-state index in [1.165, 1.54) is 0 Å². The van der Waals surface area contributed by atoms with E-state index in [-0.39, 0.29) is 12.1 Å². The van der Waals surface area contributed by atoms with Gasteiger partial charge in [0.25, 0.3) is 0 Å². The molecule has 7 nitrogen and oxygen atoms in total. The number of nitrogens with one attached hydrogen (secondary N) is 1. The average molecular weight is 489 g/mol. The third-order valence-corrected chi connectivity index (χ3v) is 6.88. The number of hydrogen-bond donors (Lipinski definition) is 1. The molecule has 1 aliphatic heterocycles. The smallest absolute Gasteiger partial charge is 0.174 e. The van der Waals surface area contributed by atoms with Crippen molar-refractivity contribution in [2.24, 2.45) is 0 Å². The molecular weight excluding hydrogens is 460 g/mol. The number of thiocarbonyl (C=S) groups is 1. The highest BCUT2D eigenvalue weighted by Crippen LogP contribution is 2.46. The maximum atomic E-state index is 5.91. The molecule has 4 aromatic rings. The van der Waals surface area contributed by atoms with Gasteiger partial charge < -0.3 is 28.7 Å². The van der Waals surface area contributed by atoms with Gasteiger partial charge in [-0.25, -0.2) is 0 Å². The number of ether oxygens (including phenoxy) is 2. The second kappa shape index (κ2) is 9.46. The number of rotatable bonds is 7. The maximum absolute atomic E-state index is 5.91. The summed E-state index contributed by atoms with van der Waals surface area (Å²) in [4.78, 5) is 6.79. The zero-order valence-electron chi connectivity index (χ0n) is 20.2. The number of pyridine rings is 1. The number of nitrogens with zero attached hydrogens (tertiary/aromatic N) is 3. The van der Waals surface area contributed by atoms with Crippen LogP contribution in [0.1, 0.15) is 40.5 Å². The molecule has 5 rings (SSSR count). The van der Waals surface area contributed by atoms with Crippen LogP contribution in [0.5, 0.6) is 11.5 Å². The first-order valence-corrected chi connectivity index (χ1v) is 11.8. The lowest BCUT2D eigenvalue weighted by Crippen LogP contribution is -2.30. The Balaban J connectivity index is 1.67. The van der Waals surface area contributed by atoms with E-state index in [1.807, 2.05) is 54.7 Å². The zero-order chi connectivity index (χ0) is 24.5. The number of methoxy groups -OCH3 is 2. The molecule has 0 saturated carbocycles. The third kappa shape index (κ3) is 4.14. The Hall–Kier alpha value is -3.78. The molecule has 0 bridgehead atoms. The molecule has 0 unspecified atom stereocenters. The molecule has 2 atom stereocenters. The van der Waals surface area contributed by atoms with Crippen LogP contribution < -0.4 is 19.7 Å². The summed E-state index contributed by atoms with van der Waals surface area (Å²) in [5, 5.41) is 4.13. The normalized spacial score (nSPS) is 17.5. The van der Waals surface area contributed by atoms with Gasteiger partial charge in [-0.2, -0.15) is 0 Å². The predicted octanol–water partition coefficient (Wildman–Crippen LogP) is 5.34. The van der Waals surface area contributed by atoms with E-state index in [0.29, 0.717) is 17.4 Å². The van der Waals surface area contributed by atoms with Crippen LogP contribution in [0.4, 0.5) is 5.69 Å². The SMILES string of the molecule is COc1ccc(OC)c(N2C(=S)N[C@@H](c3ccccn3)[C@H]2c2cc(C)n(Cc3ccco3)c2C)c1. The van der Waals surface area contributed by atoms with Gasteiger partial charge in [-0.15, -0.1) is 0 Å². The van der Waals surface area contributed by atoms with Gasteiger partial charge in [-0.3, -0.25) is 4.98 Å². The largest absolute Gasteiger partial charge is 0.497 e. The molecule has 1 saturated heterocycles. The van der Waals surface area contributed by atoms with E-state index in [2.05, 4.69) is 39.7 Å². The fourth-order valence-electron chi connectivity index (χ4n) is 4.84. The molecule has 35 heavy (non-hydrogen) atoms.